The molecule has 2 N–H and O–H groups in total. The van der Waals surface area contributed by atoms with E-state index in [4.69, 9.17) is 5.11 Å². The van der Waals surface area contributed by atoms with E-state index in [-0.39, 0.29) is 18.1 Å². The van der Waals surface area contributed by atoms with Crippen LogP contribution in [0.1, 0.15) is 20.3 Å². The Hall–Kier alpha value is -0.610. The van der Waals surface area contributed by atoms with Crippen molar-refractivity contribution in [2.75, 3.05) is 20.6 Å². The van der Waals surface area contributed by atoms with Crippen molar-refractivity contribution in [3.8, 4) is 0 Å². The maximum atomic E-state index is 11.1. The van der Waals surface area contributed by atoms with Gasteiger partial charge in [0.05, 0.1) is 6.10 Å². The molecule has 4 nitrogen and oxygen atoms in total. The second-order valence-corrected chi connectivity index (χ2v) is 3.52. The van der Waals surface area contributed by atoms with Crippen molar-refractivity contribution in [1.82, 2.24) is 10.2 Å². The topological polar surface area (TPSA) is 52.6 Å². The lowest BCUT2D eigenvalue weighted by molar-refractivity contribution is -0.128. The first-order valence-electron chi connectivity index (χ1n) is 4.56. The highest BCUT2D eigenvalue weighted by Crippen LogP contribution is 1.91. The molecule has 0 aromatic heterocycles. The summed E-state index contributed by atoms with van der Waals surface area (Å²) in [5, 5.41) is 12.2. The molecule has 0 aliphatic carbocycles. The van der Waals surface area contributed by atoms with E-state index in [2.05, 4.69) is 5.32 Å². The van der Waals surface area contributed by atoms with Crippen LogP contribution in [-0.4, -0.2) is 48.7 Å². The van der Waals surface area contributed by atoms with Crippen LogP contribution in [0.4, 0.5) is 0 Å². The smallest absolute Gasteiger partial charge is 0.223 e. The molecule has 2 atom stereocenters. The molecule has 13 heavy (non-hydrogen) atoms. The van der Waals surface area contributed by atoms with Gasteiger partial charge in [-0.05, 0) is 13.8 Å². The van der Waals surface area contributed by atoms with E-state index in [1.165, 1.54) is 0 Å². The van der Waals surface area contributed by atoms with Gasteiger partial charge in [0.2, 0.25) is 5.91 Å². The molecule has 0 saturated heterocycles. The minimum absolute atomic E-state index is 0.0370. The number of nitrogens with one attached hydrogen (secondary N) is 1. The Morgan fingerprint density at radius 3 is 2.38 bits per heavy atom. The summed E-state index contributed by atoms with van der Waals surface area (Å²) >= 11 is 0. The summed E-state index contributed by atoms with van der Waals surface area (Å²) in [6.45, 7) is 4.24. The first-order valence-corrected chi connectivity index (χ1v) is 4.56. The summed E-state index contributed by atoms with van der Waals surface area (Å²) in [5.74, 6) is 0.102. The largest absolute Gasteiger partial charge is 0.392 e. The van der Waals surface area contributed by atoms with E-state index in [0.29, 0.717) is 13.0 Å². The summed E-state index contributed by atoms with van der Waals surface area (Å²) in [6.07, 6.45) is 0.0961. The van der Waals surface area contributed by atoms with Gasteiger partial charge in [0.1, 0.15) is 0 Å². The molecule has 0 saturated carbocycles. The number of aliphatic hydroxyl groups is 1. The second kappa shape index (κ2) is 5.94. The Bertz CT molecular complexity index is 158. The summed E-state index contributed by atoms with van der Waals surface area (Å²) in [6, 6.07) is 0.0370. The molecular weight excluding hydrogens is 168 g/mol. The van der Waals surface area contributed by atoms with Crippen LogP contribution in [0.25, 0.3) is 0 Å². The van der Waals surface area contributed by atoms with Gasteiger partial charge in [0.15, 0.2) is 0 Å². The number of aliphatic hydroxyl groups excluding tert-OH is 1. The van der Waals surface area contributed by atoms with Crippen molar-refractivity contribution in [2.24, 2.45) is 0 Å². The second-order valence-electron chi connectivity index (χ2n) is 3.52. The number of carbonyl (C=O) groups excluding carboxylic acids is 1. The Morgan fingerprint density at radius 2 is 2.00 bits per heavy atom. The molecule has 0 aliphatic rings. The number of hydrogen-bond acceptors (Lipinski definition) is 3. The highest BCUT2D eigenvalue weighted by molar-refractivity contribution is 5.75. The first-order chi connectivity index (χ1) is 5.95. The zero-order valence-electron chi connectivity index (χ0n) is 8.87. The highest BCUT2D eigenvalue weighted by Gasteiger charge is 2.08. The molecule has 2 unspecified atom stereocenters. The fraction of sp³-hybridized carbons (Fsp3) is 0.889. The predicted molar refractivity (Wildman–Crippen MR) is 52.5 cm³/mol. The lowest BCUT2D eigenvalue weighted by Gasteiger charge is -2.17. The van der Waals surface area contributed by atoms with Crippen LogP contribution >= 0.6 is 0 Å². The summed E-state index contributed by atoms with van der Waals surface area (Å²) in [5.41, 5.74) is 0. The molecule has 0 spiro atoms. The van der Waals surface area contributed by atoms with Gasteiger partial charge >= 0.3 is 0 Å². The number of rotatable bonds is 5. The maximum Gasteiger partial charge on any atom is 0.223 e. The third-order valence-electron chi connectivity index (χ3n) is 2.03. The van der Waals surface area contributed by atoms with Gasteiger partial charge in [-0.25, -0.2) is 0 Å². The standard InChI is InChI=1S/C9H20N2O2/c1-7(8(2)12)10-6-5-9(13)11(3)4/h7-8,10,12H,5-6H2,1-4H3. The Balaban J connectivity index is 3.51. The lowest BCUT2D eigenvalue weighted by Crippen LogP contribution is -2.37. The Labute approximate surface area is 79.9 Å². The fourth-order valence-corrected chi connectivity index (χ4v) is 0.801. The number of carbonyl (C=O) groups is 1. The van der Waals surface area contributed by atoms with Crippen LogP contribution in [0.2, 0.25) is 0 Å². The average Bonchev–Trinajstić information content (AvgIpc) is 2.03. The van der Waals surface area contributed by atoms with Gasteiger partial charge in [0, 0.05) is 33.1 Å². The van der Waals surface area contributed by atoms with E-state index in [0.717, 1.165) is 0 Å². The van der Waals surface area contributed by atoms with Crippen LogP contribution in [0.15, 0.2) is 0 Å². The number of nitrogens with zero attached hydrogens (tertiary/aromatic N) is 1. The normalized spacial score (nSPS) is 15.2. The Kier molecular flexibility index (Phi) is 5.66. The van der Waals surface area contributed by atoms with Gasteiger partial charge in [-0.1, -0.05) is 0 Å². The zero-order valence-corrected chi connectivity index (χ0v) is 8.87. The van der Waals surface area contributed by atoms with Crippen molar-refractivity contribution in [3.63, 3.8) is 0 Å². The molecule has 0 bridgehead atoms. The van der Waals surface area contributed by atoms with Gasteiger partial charge in [-0.15, -0.1) is 0 Å². The molecule has 0 fully saturated rings. The molecule has 0 rings (SSSR count). The van der Waals surface area contributed by atoms with E-state index >= 15 is 0 Å². The molecule has 0 heterocycles. The molecule has 1 amide bonds. The molecule has 78 valence electrons. The quantitative estimate of drug-likeness (QED) is 0.629. The van der Waals surface area contributed by atoms with Crippen LogP contribution < -0.4 is 5.32 Å². The fourth-order valence-electron chi connectivity index (χ4n) is 0.801. The average molecular weight is 188 g/mol. The molecule has 0 aromatic rings. The first kappa shape index (κ1) is 12.4. The van der Waals surface area contributed by atoms with Gasteiger partial charge in [0.25, 0.3) is 0 Å². The van der Waals surface area contributed by atoms with Crippen molar-refractivity contribution >= 4 is 5.91 Å². The highest BCUT2D eigenvalue weighted by atomic mass is 16.3. The molecule has 0 aromatic carbocycles. The summed E-state index contributed by atoms with van der Waals surface area (Å²) in [4.78, 5) is 12.7. The molecular formula is C9H20N2O2. The van der Waals surface area contributed by atoms with E-state index in [1.807, 2.05) is 6.92 Å². The zero-order chi connectivity index (χ0) is 10.4. The Morgan fingerprint density at radius 1 is 1.46 bits per heavy atom. The number of amides is 1. The molecule has 4 heteroatoms. The minimum Gasteiger partial charge on any atom is -0.392 e. The van der Waals surface area contributed by atoms with E-state index in [9.17, 15) is 4.79 Å². The van der Waals surface area contributed by atoms with Crippen molar-refractivity contribution < 1.29 is 9.90 Å². The van der Waals surface area contributed by atoms with Crippen LogP contribution in [0.3, 0.4) is 0 Å². The third-order valence-corrected chi connectivity index (χ3v) is 2.03. The van der Waals surface area contributed by atoms with Crippen LogP contribution in [-0.2, 0) is 4.79 Å². The minimum atomic E-state index is -0.380. The van der Waals surface area contributed by atoms with E-state index < -0.39 is 0 Å². The predicted octanol–water partition coefficient (Wildman–Crippen LogP) is -0.176. The summed E-state index contributed by atoms with van der Waals surface area (Å²) < 4.78 is 0. The van der Waals surface area contributed by atoms with Crippen molar-refractivity contribution in [2.45, 2.75) is 32.4 Å². The molecule has 0 aliphatic heterocycles. The van der Waals surface area contributed by atoms with Gasteiger partial charge in [-0.3, -0.25) is 4.79 Å². The van der Waals surface area contributed by atoms with E-state index in [1.54, 1.807) is 25.9 Å². The number of hydrogen-bond donors (Lipinski definition) is 2. The lowest BCUT2D eigenvalue weighted by atomic mass is 10.2. The third kappa shape index (κ3) is 5.60. The van der Waals surface area contributed by atoms with Crippen LogP contribution in [0, 0.1) is 0 Å². The van der Waals surface area contributed by atoms with Gasteiger partial charge < -0.3 is 15.3 Å². The maximum absolute atomic E-state index is 11.1. The van der Waals surface area contributed by atoms with Crippen molar-refractivity contribution in [1.29, 1.82) is 0 Å². The summed E-state index contributed by atoms with van der Waals surface area (Å²) in [7, 11) is 3.47. The van der Waals surface area contributed by atoms with Crippen LogP contribution in [0.5, 0.6) is 0 Å². The van der Waals surface area contributed by atoms with Gasteiger partial charge in [-0.2, -0.15) is 0 Å². The SMILES string of the molecule is CC(O)C(C)NCCC(=O)N(C)C. The molecule has 0 radical (unpaired) electrons. The van der Waals surface area contributed by atoms with Crippen molar-refractivity contribution in [3.05, 3.63) is 0 Å². The monoisotopic (exact) mass is 188 g/mol.